The van der Waals surface area contributed by atoms with Crippen LogP contribution in [0.5, 0.6) is 0 Å². The number of pyridine rings is 1. The van der Waals surface area contributed by atoms with Gasteiger partial charge in [-0.2, -0.15) is 0 Å². The van der Waals surface area contributed by atoms with E-state index < -0.39 is 0 Å². The molecular weight excluding hydrogens is 208 g/mol. The first-order valence-corrected chi connectivity index (χ1v) is 5.89. The number of nitrogens with one attached hydrogen (secondary N) is 1. The molecule has 2 nitrogen and oxygen atoms in total. The van der Waals surface area contributed by atoms with Crippen LogP contribution in [0.15, 0.2) is 12.3 Å². The Labute approximate surface area is 105 Å². The first kappa shape index (κ1) is 13.6. The summed E-state index contributed by atoms with van der Waals surface area (Å²) in [5.41, 5.74) is 2.00. The van der Waals surface area contributed by atoms with Crippen molar-refractivity contribution in [3.05, 3.63) is 23.4 Å². The lowest BCUT2D eigenvalue weighted by Crippen LogP contribution is -2.28. The van der Waals surface area contributed by atoms with Crippen LogP contribution < -0.4 is 5.32 Å². The maximum absolute atomic E-state index is 5.64. The summed E-state index contributed by atoms with van der Waals surface area (Å²) in [5, 5.41) is 3.36. The molecule has 0 saturated carbocycles. The van der Waals surface area contributed by atoms with Gasteiger partial charge in [-0.05, 0) is 37.8 Å². The van der Waals surface area contributed by atoms with E-state index in [1.807, 2.05) is 12.3 Å². The first-order valence-electron chi connectivity index (χ1n) is 5.89. The van der Waals surface area contributed by atoms with Crippen LogP contribution in [0.2, 0.25) is 0 Å². The fourth-order valence-corrected chi connectivity index (χ4v) is 1.68. The average Bonchev–Trinajstić information content (AvgIpc) is 2.13. The Balaban J connectivity index is 3.31. The second-order valence-corrected chi connectivity index (χ2v) is 6.35. The molecule has 0 aliphatic rings. The second-order valence-electron chi connectivity index (χ2n) is 6.35. The summed E-state index contributed by atoms with van der Waals surface area (Å²) in [6.45, 7) is 12.8. The summed E-state index contributed by atoms with van der Waals surface area (Å²) in [5.74, 6) is 3.57. The van der Waals surface area contributed by atoms with E-state index in [4.69, 9.17) is 6.42 Å². The quantitative estimate of drug-likeness (QED) is 0.746. The van der Waals surface area contributed by atoms with Crippen molar-refractivity contribution in [1.82, 2.24) is 4.98 Å². The second kappa shape index (κ2) is 4.41. The molecule has 1 aromatic rings. The zero-order valence-electron chi connectivity index (χ0n) is 11.7. The van der Waals surface area contributed by atoms with E-state index in [2.05, 4.69) is 57.8 Å². The largest absolute Gasteiger partial charge is 0.364 e. The SMILES string of the molecule is C#Cc1c(C(C)(C)C)ccnc1NC(C)(C)C. The van der Waals surface area contributed by atoms with Crippen LogP contribution in [-0.4, -0.2) is 10.5 Å². The lowest BCUT2D eigenvalue weighted by molar-refractivity contribution is 0.585. The van der Waals surface area contributed by atoms with E-state index in [9.17, 15) is 0 Å². The molecule has 0 spiro atoms. The van der Waals surface area contributed by atoms with Gasteiger partial charge in [0.05, 0.1) is 5.56 Å². The topological polar surface area (TPSA) is 24.9 Å². The zero-order valence-corrected chi connectivity index (χ0v) is 11.7. The van der Waals surface area contributed by atoms with Crippen LogP contribution in [0, 0.1) is 12.3 Å². The van der Waals surface area contributed by atoms with E-state index in [1.54, 1.807) is 0 Å². The molecule has 2 heteroatoms. The molecule has 0 aliphatic heterocycles. The fraction of sp³-hybridized carbons (Fsp3) is 0.533. The molecule has 17 heavy (non-hydrogen) atoms. The number of terminal acetylenes is 1. The highest BCUT2D eigenvalue weighted by molar-refractivity contribution is 5.59. The minimum atomic E-state index is -0.0465. The lowest BCUT2D eigenvalue weighted by atomic mass is 9.84. The van der Waals surface area contributed by atoms with Gasteiger partial charge < -0.3 is 5.32 Å². The smallest absolute Gasteiger partial charge is 0.142 e. The first-order chi connectivity index (χ1) is 7.65. The average molecular weight is 230 g/mol. The molecule has 92 valence electrons. The molecule has 0 aliphatic carbocycles. The number of anilines is 1. The third kappa shape index (κ3) is 3.49. The fourth-order valence-electron chi connectivity index (χ4n) is 1.68. The number of rotatable bonds is 1. The Bertz CT molecular complexity index is 439. The monoisotopic (exact) mass is 230 g/mol. The Morgan fingerprint density at radius 2 is 1.76 bits per heavy atom. The van der Waals surface area contributed by atoms with Crippen molar-refractivity contribution in [2.45, 2.75) is 52.5 Å². The molecule has 0 aromatic carbocycles. The van der Waals surface area contributed by atoms with Gasteiger partial charge in [0.1, 0.15) is 5.82 Å². The summed E-state index contributed by atoms with van der Waals surface area (Å²) in [4.78, 5) is 4.36. The van der Waals surface area contributed by atoms with E-state index in [1.165, 1.54) is 0 Å². The van der Waals surface area contributed by atoms with Gasteiger partial charge in [0.15, 0.2) is 0 Å². The van der Waals surface area contributed by atoms with Crippen LogP contribution in [-0.2, 0) is 5.41 Å². The van der Waals surface area contributed by atoms with Gasteiger partial charge in [0, 0.05) is 11.7 Å². The van der Waals surface area contributed by atoms with E-state index in [0.29, 0.717) is 0 Å². The number of hydrogen-bond donors (Lipinski definition) is 1. The molecule has 0 bridgehead atoms. The van der Waals surface area contributed by atoms with Crippen molar-refractivity contribution >= 4 is 5.82 Å². The van der Waals surface area contributed by atoms with Crippen molar-refractivity contribution in [2.24, 2.45) is 0 Å². The highest BCUT2D eigenvalue weighted by Gasteiger charge is 2.21. The van der Waals surface area contributed by atoms with Gasteiger partial charge in [0.25, 0.3) is 0 Å². The molecule has 1 rings (SSSR count). The summed E-state index contributed by atoms with van der Waals surface area (Å²) >= 11 is 0. The maximum Gasteiger partial charge on any atom is 0.142 e. The predicted molar refractivity (Wildman–Crippen MR) is 74.2 cm³/mol. The standard InChI is InChI=1S/C15H22N2/c1-8-11-12(14(2,3)4)9-10-16-13(11)17-15(5,6)7/h1,9-10H,2-7H3,(H,16,17). The Morgan fingerprint density at radius 1 is 1.18 bits per heavy atom. The summed E-state index contributed by atoms with van der Waals surface area (Å²) in [6.07, 6.45) is 7.45. The maximum atomic E-state index is 5.64. The van der Waals surface area contributed by atoms with Gasteiger partial charge in [-0.15, -0.1) is 6.42 Å². The van der Waals surface area contributed by atoms with Crippen molar-refractivity contribution in [1.29, 1.82) is 0 Å². The van der Waals surface area contributed by atoms with Gasteiger partial charge in [-0.25, -0.2) is 4.98 Å². The van der Waals surface area contributed by atoms with Crippen molar-refractivity contribution in [2.75, 3.05) is 5.32 Å². The molecule has 0 saturated heterocycles. The normalized spacial score (nSPS) is 12.1. The number of hydrogen-bond acceptors (Lipinski definition) is 2. The molecule has 0 atom stereocenters. The van der Waals surface area contributed by atoms with Crippen molar-refractivity contribution < 1.29 is 0 Å². The third-order valence-electron chi connectivity index (χ3n) is 2.40. The highest BCUT2D eigenvalue weighted by Crippen LogP contribution is 2.29. The van der Waals surface area contributed by atoms with Gasteiger partial charge in [-0.1, -0.05) is 26.7 Å². The molecule has 0 radical (unpaired) electrons. The minimum absolute atomic E-state index is 0.0267. The number of nitrogens with zero attached hydrogens (tertiary/aromatic N) is 1. The van der Waals surface area contributed by atoms with Crippen LogP contribution >= 0.6 is 0 Å². The molecular formula is C15H22N2. The summed E-state index contributed by atoms with van der Waals surface area (Å²) in [6, 6.07) is 2.00. The zero-order chi connectivity index (χ0) is 13.3. The van der Waals surface area contributed by atoms with Crippen LogP contribution in [0.1, 0.15) is 52.7 Å². The third-order valence-corrected chi connectivity index (χ3v) is 2.40. The Hall–Kier alpha value is -1.49. The van der Waals surface area contributed by atoms with Crippen LogP contribution in [0.3, 0.4) is 0 Å². The summed E-state index contributed by atoms with van der Waals surface area (Å²) in [7, 11) is 0. The van der Waals surface area contributed by atoms with E-state index in [0.717, 1.165) is 16.9 Å². The summed E-state index contributed by atoms with van der Waals surface area (Å²) < 4.78 is 0. The molecule has 0 amide bonds. The lowest BCUT2D eigenvalue weighted by Gasteiger charge is -2.26. The minimum Gasteiger partial charge on any atom is -0.364 e. The van der Waals surface area contributed by atoms with Gasteiger partial charge in [-0.3, -0.25) is 0 Å². The van der Waals surface area contributed by atoms with E-state index in [-0.39, 0.29) is 11.0 Å². The van der Waals surface area contributed by atoms with Crippen molar-refractivity contribution in [3.63, 3.8) is 0 Å². The number of aromatic nitrogens is 1. The Morgan fingerprint density at radius 3 is 2.18 bits per heavy atom. The molecule has 1 aromatic heterocycles. The van der Waals surface area contributed by atoms with Crippen LogP contribution in [0.4, 0.5) is 5.82 Å². The molecule has 0 unspecified atom stereocenters. The Kier molecular flexibility index (Phi) is 3.52. The van der Waals surface area contributed by atoms with Gasteiger partial charge >= 0.3 is 0 Å². The van der Waals surface area contributed by atoms with Gasteiger partial charge in [0.2, 0.25) is 0 Å². The molecule has 0 fully saturated rings. The van der Waals surface area contributed by atoms with Crippen LogP contribution in [0.25, 0.3) is 0 Å². The van der Waals surface area contributed by atoms with Crippen molar-refractivity contribution in [3.8, 4) is 12.3 Å². The molecule has 1 heterocycles. The highest BCUT2D eigenvalue weighted by atomic mass is 15.0. The van der Waals surface area contributed by atoms with E-state index >= 15 is 0 Å². The predicted octanol–water partition coefficient (Wildman–Crippen LogP) is 3.57. The molecule has 1 N–H and O–H groups in total.